The standard InChI is InChI=1S/2C8H17.Ni/c1-4-6-7-8(3)5-2;1-3-5-7-8-6-4-2;/h8H,3-7H2,1-2H3;3H,4-8H2,1-2H3;/q2*-1;+2. The van der Waals surface area contributed by atoms with Gasteiger partial charge in [-0.05, 0) is 0 Å². The molecule has 0 rings (SSSR count). The van der Waals surface area contributed by atoms with Gasteiger partial charge in [0.15, 0.2) is 0 Å². The summed E-state index contributed by atoms with van der Waals surface area (Å²) in [5.74, 6) is 0.704. The Morgan fingerprint density at radius 3 is 1.94 bits per heavy atom. The second-order valence-electron chi connectivity index (χ2n) is 4.67. The Kier molecular flexibility index (Phi) is 29.0. The van der Waals surface area contributed by atoms with Gasteiger partial charge in [-0.25, -0.2) is 0 Å². The van der Waals surface area contributed by atoms with Gasteiger partial charge in [0.1, 0.15) is 0 Å². The van der Waals surface area contributed by atoms with Gasteiger partial charge in [-0.15, -0.1) is 0 Å². The van der Waals surface area contributed by atoms with Crippen LogP contribution in [0.2, 0.25) is 0 Å². The summed E-state index contributed by atoms with van der Waals surface area (Å²) in [7, 11) is 0. The molecule has 0 N–H and O–H groups in total. The van der Waals surface area contributed by atoms with E-state index in [-0.39, 0.29) is 16.5 Å². The van der Waals surface area contributed by atoms with E-state index < -0.39 is 0 Å². The topological polar surface area (TPSA) is 0 Å². The molecule has 0 heterocycles. The van der Waals surface area contributed by atoms with E-state index in [9.17, 15) is 0 Å². The zero-order chi connectivity index (χ0) is 12.6. The molecule has 1 atom stereocenters. The van der Waals surface area contributed by atoms with Crippen LogP contribution < -0.4 is 0 Å². The van der Waals surface area contributed by atoms with Crippen LogP contribution in [0.3, 0.4) is 0 Å². The molecule has 0 aliphatic heterocycles. The molecule has 0 amide bonds. The first kappa shape index (κ1) is 22.7. The van der Waals surface area contributed by atoms with Crippen LogP contribution in [0.15, 0.2) is 0 Å². The van der Waals surface area contributed by atoms with E-state index >= 15 is 0 Å². The monoisotopic (exact) mass is 284 g/mol. The Labute approximate surface area is 121 Å². The van der Waals surface area contributed by atoms with E-state index in [0.717, 1.165) is 0 Å². The molecule has 0 spiro atoms. The third-order valence-corrected chi connectivity index (χ3v) is 2.89. The molecule has 0 aliphatic carbocycles. The number of hydrogen-bond donors (Lipinski definition) is 0. The Hall–Kier alpha value is 0.494. The molecular weight excluding hydrogens is 251 g/mol. The minimum Gasteiger partial charge on any atom is -0.340 e. The van der Waals surface area contributed by atoms with Crippen LogP contribution in [0, 0.1) is 19.3 Å². The SMILES string of the molecule is C[CH-]CCCCCC.[CH2-]C(CC)CCCC.[Ni+2]. The van der Waals surface area contributed by atoms with Crippen molar-refractivity contribution in [2.24, 2.45) is 5.92 Å². The van der Waals surface area contributed by atoms with Gasteiger partial charge in [-0.2, -0.15) is 19.3 Å². The summed E-state index contributed by atoms with van der Waals surface area (Å²) in [5.41, 5.74) is 0. The summed E-state index contributed by atoms with van der Waals surface area (Å²) in [6.45, 7) is 12.8. The third kappa shape index (κ3) is 26.2. The number of hydrogen-bond acceptors (Lipinski definition) is 0. The van der Waals surface area contributed by atoms with Gasteiger partial charge < -0.3 is 13.3 Å². The summed E-state index contributed by atoms with van der Waals surface area (Å²) < 4.78 is 0. The Balaban J connectivity index is -0.000000218. The first-order valence-corrected chi connectivity index (χ1v) is 7.33. The smallest absolute Gasteiger partial charge is 0.340 e. The van der Waals surface area contributed by atoms with Crippen molar-refractivity contribution in [3.63, 3.8) is 0 Å². The Bertz CT molecular complexity index is 95.7. The Morgan fingerprint density at radius 2 is 1.53 bits per heavy atom. The normalized spacial score (nSPS) is 11.1. The fourth-order valence-electron chi connectivity index (χ4n) is 1.47. The molecule has 108 valence electrons. The first-order valence-electron chi connectivity index (χ1n) is 7.33. The summed E-state index contributed by atoms with van der Waals surface area (Å²) in [6.07, 6.45) is 14.3. The van der Waals surface area contributed by atoms with Gasteiger partial charge in [0, 0.05) is 0 Å². The van der Waals surface area contributed by atoms with Crippen molar-refractivity contribution in [3.05, 3.63) is 13.3 Å². The van der Waals surface area contributed by atoms with Gasteiger partial charge in [0.2, 0.25) is 0 Å². The maximum absolute atomic E-state index is 3.99. The minimum atomic E-state index is 0. The molecule has 0 aliphatic rings. The molecule has 0 fully saturated rings. The van der Waals surface area contributed by atoms with E-state index in [4.69, 9.17) is 0 Å². The predicted molar refractivity (Wildman–Crippen MR) is 77.4 cm³/mol. The van der Waals surface area contributed by atoms with Crippen molar-refractivity contribution in [2.45, 2.75) is 85.5 Å². The number of rotatable bonds is 9. The predicted octanol–water partition coefficient (Wildman–Crippen LogP) is 6.22. The second-order valence-corrected chi connectivity index (χ2v) is 4.67. The minimum absolute atomic E-state index is 0. The largest absolute Gasteiger partial charge is 2.00 e. The third-order valence-electron chi connectivity index (χ3n) is 2.89. The van der Waals surface area contributed by atoms with Crippen molar-refractivity contribution in [3.8, 4) is 0 Å². The molecule has 0 saturated heterocycles. The van der Waals surface area contributed by atoms with Gasteiger partial charge in [-0.3, -0.25) is 0 Å². The van der Waals surface area contributed by atoms with Crippen LogP contribution in [0.25, 0.3) is 0 Å². The van der Waals surface area contributed by atoms with Gasteiger partial charge in [-0.1, -0.05) is 72.1 Å². The van der Waals surface area contributed by atoms with Gasteiger partial charge >= 0.3 is 16.5 Å². The van der Waals surface area contributed by atoms with E-state index in [1.165, 1.54) is 57.8 Å². The van der Waals surface area contributed by atoms with Crippen molar-refractivity contribution < 1.29 is 16.5 Å². The molecule has 1 heteroatoms. The molecular formula is C16H34Ni. The average Bonchev–Trinajstić information content (AvgIpc) is 2.32. The zero-order valence-corrected chi connectivity index (χ0v) is 13.5. The molecule has 0 aromatic carbocycles. The molecule has 17 heavy (non-hydrogen) atoms. The van der Waals surface area contributed by atoms with Crippen molar-refractivity contribution in [2.75, 3.05) is 0 Å². The summed E-state index contributed by atoms with van der Waals surface area (Å²) in [4.78, 5) is 0. The second kappa shape index (κ2) is 21.7. The molecule has 0 aromatic heterocycles. The van der Waals surface area contributed by atoms with Crippen molar-refractivity contribution in [1.82, 2.24) is 0 Å². The van der Waals surface area contributed by atoms with Crippen LogP contribution in [0.1, 0.15) is 85.5 Å². The van der Waals surface area contributed by atoms with Crippen molar-refractivity contribution in [1.29, 1.82) is 0 Å². The van der Waals surface area contributed by atoms with Gasteiger partial charge in [0.25, 0.3) is 0 Å². The molecule has 1 unspecified atom stereocenters. The fourth-order valence-corrected chi connectivity index (χ4v) is 1.47. The van der Waals surface area contributed by atoms with E-state index in [1.54, 1.807) is 0 Å². The summed E-state index contributed by atoms with van der Waals surface area (Å²) >= 11 is 0. The van der Waals surface area contributed by atoms with Crippen LogP contribution in [0.5, 0.6) is 0 Å². The zero-order valence-electron chi connectivity index (χ0n) is 12.5. The van der Waals surface area contributed by atoms with Gasteiger partial charge in [0.05, 0.1) is 0 Å². The molecule has 0 bridgehead atoms. The van der Waals surface area contributed by atoms with Crippen LogP contribution >= 0.6 is 0 Å². The van der Waals surface area contributed by atoms with E-state index in [2.05, 4.69) is 41.0 Å². The van der Waals surface area contributed by atoms with E-state index in [1.807, 2.05) is 0 Å². The quantitative estimate of drug-likeness (QED) is 0.268. The number of unbranched alkanes of at least 4 members (excludes halogenated alkanes) is 6. The maximum Gasteiger partial charge on any atom is 2.00 e. The molecule has 0 aromatic rings. The van der Waals surface area contributed by atoms with Crippen molar-refractivity contribution >= 4 is 0 Å². The summed E-state index contributed by atoms with van der Waals surface area (Å²) in [5, 5.41) is 0. The van der Waals surface area contributed by atoms with Crippen LogP contribution in [-0.2, 0) is 16.5 Å². The molecule has 0 radical (unpaired) electrons. The molecule has 0 nitrogen and oxygen atoms in total. The average molecular weight is 285 g/mol. The summed E-state index contributed by atoms with van der Waals surface area (Å²) in [6, 6.07) is 0. The fraction of sp³-hybridized carbons (Fsp3) is 0.875. The van der Waals surface area contributed by atoms with Crippen LogP contribution in [-0.4, -0.2) is 0 Å². The van der Waals surface area contributed by atoms with E-state index in [0.29, 0.717) is 5.92 Å². The van der Waals surface area contributed by atoms with Crippen LogP contribution in [0.4, 0.5) is 0 Å². The first-order chi connectivity index (χ1) is 7.72. The molecule has 0 saturated carbocycles. The maximum atomic E-state index is 3.99. The Morgan fingerprint density at radius 1 is 0.941 bits per heavy atom.